The first-order valence-corrected chi connectivity index (χ1v) is 5.76. The second-order valence-corrected chi connectivity index (χ2v) is 5.46. The lowest BCUT2D eigenvalue weighted by Crippen LogP contribution is -2.21. The molecule has 0 aliphatic heterocycles. The molecule has 0 aliphatic rings. The largest absolute Gasteiger partial charge is 0.337 e. The molecule has 1 aromatic rings. The van der Waals surface area contributed by atoms with Gasteiger partial charge in [-0.2, -0.15) is 4.89 Å². The Hall–Kier alpha value is -1.02. The molecule has 2 heteroatoms. The first-order valence-electron chi connectivity index (χ1n) is 5.76. The first kappa shape index (κ1) is 13.0. The van der Waals surface area contributed by atoms with Crippen LogP contribution in [0.3, 0.4) is 0 Å². The summed E-state index contributed by atoms with van der Waals surface area (Å²) in [5.41, 5.74) is 2.06. The zero-order valence-corrected chi connectivity index (χ0v) is 11.1. The average molecular weight is 222 g/mol. The smallest absolute Gasteiger partial charge is 0.168 e. The molecular weight excluding hydrogens is 200 g/mol. The van der Waals surface area contributed by atoms with Crippen molar-refractivity contribution in [3.05, 3.63) is 29.3 Å². The number of hydrogen-bond donors (Lipinski definition) is 0. The van der Waals surface area contributed by atoms with Crippen molar-refractivity contribution in [3.8, 4) is 5.75 Å². The molecule has 0 aromatic heterocycles. The molecule has 0 amide bonds. The zero-order valence-electron chi connectivity index (χ0n) is 11.1. The normalized spacial score (nSPS) is 11.9. The van der Waals surface area contributed by atoms with E-state index < -0.39 is 0 Å². The van der Waals surface area contributed by atoms with Crippen molar-refractivity contribution in [2.45, 2.75) is 53.1 Å². The quantitative estimate of drug-likeness (QED) is 0.563. The van der Waals surface area contributed by atoms with Crippen LogP contribution >= 0.6 is 0 Å². The van der Waals surface area contributed by atoms with Gasteiger partial charge in [0.15, 0.2) is 5.75 Å². The minimum absolute atomic E-state index is 0.291. The van der Waals surface area contributed by atoms with Crippen molar-refractivity contribution in [1.82, 2.24) is 0 Å². The lowest BCUT2D eigenvalue weighted by molar-refractivity contribution is -0.274. The Morgan fingerprint density at radius 1 is 1.12 bits per heavy atom. The second kappa shape index (κ2) is 4.88. The minimum Gasteiger partial charge on any atom is -0.337 e. The van der Waals surface area contributed by atoms with Gasteiger partial charge < -0.3 is 4.89 Å². The predicted octanol–water partition coefficient (Wildman–Crippen LogP) is 4.23. The zero-order chi connectivity index (χ0) is 12.3. The summed E-state index contributed by atoms with van der Waals surface area (Å²) in [5, 5.41) is 0. The van der Waals surface area contributed by atoms with Gasteiger partial charge in [0.2, 0.25) is 0 Å². The van der Waals surface area contributed by atoms with Gasteiger partial charge in [-0.15, -0.1) is 0 Å². The van der Waals surface area contributed by atoms with Crippen LogP contribution in [0, 0.1) is 6.92 Å². The van der Waals surface area contributed by atoms with Gasteiger partial charge in [-0.1, -0.05) is 26.0 Å². The first-order chi connectivity index (χ1) is 7.29. The lowest BCUT2D eigenvalue weighted by atomic mass is 10.0. The van der Waals surface area contributed by atoms with Crippen LogP contribution in [0.1, 0.15) is 51.7 Å². The lowest BCUT2D eigenvalue weighted by Gasteiger charge is -2.19. The van der Waals surface area contributed by atoms with E-state index in [2.05, 4.69) is 26.0 Å². The molecular formula is C14H22O2. The molecule has 0 bridgehead atoms. The standard InChI is InChI=1S/C14H22O2/c1-10(2)12-8-7-11(3)13(9-12)15-16-14(4,5)6/h7-10H,1-6H3. The van der Waals surface area contributed by atoms with Gasteiger partial charge in [0.05, 0.1) is 0 Å². The molecule has 0 spiro atoms. The molecule has 0 heterocycles. The van der Waals surface area contributed by atoms with Crippen molar-refractivity contribution in [2.24, 2.45) is 0 Å². The highest BCUT2D eigenvalue weighted by atomic mass is 17.2. The van der Waals surface area contributed by atoms with Gasteiger partial charge in [0.1, 0.15) is 5.60 Å². The molecule has 90 valence electrons. The van der Waals surface area contributed by atoms with Crippen molar-refractivity contribution in [3.63, 3.8) is 0 Å². The Bertz CT molecular complexity index is 348. The van der Waals surface area contributed by atoms with Crippen molar-refractivity contribution >= 4 is 0 Å². The summed E-state index contributed by atoms with van der Waals surface area (Å²) in [5.74, 6) is 1.30. The molecule has 0 radical (unpaired) electrons. The second-order valence-electron chi connectivity index (χ2n) is 5.46. The highest BCUT2D eigenvalue weighted by Gasteiger charge is 2.14. The van der Waals surface area contributed by atoms with Gasteiger partial charge in [-0.25, -0.2) is 0 Å². The third kappa shape index (κ3) is 3.86. The molecule has 2 nitrogen and oxygen atoms in total. The van der Waals surface area contributed by atoms with Crippen molar-refractivity contribution in [2.75, 3.05) is 0 Å². The van der Waals surface area contributed by atoms with Crippen LogP contribution in [0.2, 0.25) is 0 Å². The Kier molecular flexibility index (Phi) is 3.98. The van der Waals surface area contributed by atoms with E-state index in [4.69, 9.17) is 9.78 Å². The van der Waals surface area contributed by atoms with Gasteiger partial charge in [-0.3, -0.25) is 0 Å². The fourth-order valence-electron chi connectivity index (χ4n) is 1.24. The average Bonchev–Trinajstić information content (AvgIpc) is 2.14. The summed E-state index contributed by atoms with van der Waals surface area (Å²) in [6, 6.07) is 6.24. The Labute approximate surface area is 98.5 Å². The van der Waals surface area contributed by atoms with Gasteiger partial charge in [0, 0.05) is 0 Å². The summed E-state index contributed by atoms with van der Waals surface area (Å²) in [6.07, 6.45) is 0. The third-order valence-electron chi connectivity index (χ3n) is 2.26. The summed E-state index contributed by atoms with van der Waals surface area (Å²) in [4.78, 5) is 10.7. The van der Waals surface area contributed by atoms with E-state index in [1.807, 2.05) is 33.8 Å². The summed E-state index contributed by atoms with van der Waals surface area (Å²) < 4.78 is 0. The van der Waals surface area contributed by atoms with Crippen LogP contribution in [0.4, 0.5) is 0 Å². The number of rotatable bonds is 3. The summed E-state index contributed by atoms with van der Waals surface area (Å²) in [6.45, 7) is 12.3. The van der Waals surface area contributed by atoms with E-state index in [0.717, 1.165) is 11.3 Å². The number of hydrogen-bond acceptors (Lipinski definition) is 2. The topological polar surface area (TPSA) is 18.5 Å². The van der Waals surface area contributed by atoms with E-state index in [1.54, 1.807) is 0 Å². The van der Waals surface area contributed by atoms with E-state index in [-0.39, 0.29) is 5.60 Å². The van der Waals surface area contributed by atoms with Crippen LogP contribution in [0.25, 0.3) is 0 Å². The van der Waals surface area contributed by atoms with Gasteiger partial charge >= 0.3 is 0 Å². The summed E-state index contributed by atoms with van der Waals surface area (Å²) >= 11 is 0. The molecule has 0 saturated heterocycles. The van der Waals surface area contributed by atoms with E-state index in [9.17, 15) is 0 Å². The van der Waals surface area contributed by atoms with Crippen molar-refractivity contribution in [1.29, 1.82) is 0 Å². The SMILES string of the molecule is Cc1ccc(C(C)C)cc1OOC(C)(C)C. The molecule has 0 unspecified atom stereocenters. The van der Waals surface area contributed by atoms with Crippen LogP contribution in [-0.2, 0) is 4.89 Å². The molecule has 0 aliphatic carbocycles. The molecule has 1 aromatic carbocycles. The third-order valence-corrected chi connectivity index (χ3v) is 2.26. The molecule has 0 saturated carbocycles. The Morgan fingerprint density at radius 2 is 1.75 bits per heavy atom. The van der Waals surface area contributed by atoms with Crippen LogP contribution < -0.4 is 4.89 Å². The Balaban J connectivity index is 2.82. The molecule has 1 rings (SSSR count). The predicted molar refractivity (Wildman–Crippen MR) is 66.7 cm³/mol. The highest BCUT2D eigenvalue weighted by molar-refractivity contribution is 5.37. The van der Waals surface area contributed by atoms with Crippen molar-refractivity contribution < 1.29 is 9.78 Å². The Morgan fingerprint density at radius 3 is 2.25 bits per heavy atom. The summed E-state index contributed by atoms with van der Waals surface area (Å²) in [7, 11) is 0. The molecule has 0 N–H and O–H groups in total. The van der Waals surface area contributed by atoms with Gasteiger partial charge in [-0.05, 0) is 50.8 Å². The fraction of sp³-hybridized carbons (Fsp3) is 0.571. The number of aryl methyl sites for hydroxylation is 1. The van der Waals surface area contributed by atoms with Crippen LogP contribution in [-0.4, -0.2) is 5.60 Å². The minimum atomic E-state index is -0.291. The molecule has 16 heavy (non-hydrogen) atoms. The van der Waals surface area contributed by atoms with E-state index in [0.29, 0.717) is 5.92 Å². The maximum Gasteiger partial charge on any atom is 0.168 e. The maximum atomic E-state index is 5.39. The molecule has 0 fully saturated rings. The fourth-order valence-corrected chi connectivity index (χ4v) is 1.24. The number of benzene rings is 1. The maximum absolute atomic E-state index is 5.39. The molecule has 0 atom stereocenters. The van der Waals surface area contributed by atoms with Gasteiger partial charge in [0.25, 0.3) is 0 Å². The van der Waals surface area contributed by atoms with E-state index in [1.165, 1.54) is 5.56 Å². The van der Waals surface area contributed by atoms with Crippen LogP contribution in [0.5, 0.6) is 5.75 Å². The monoisotopic (exact) mass is 222 g/mol. The van der Waals surface area contributed by atoms with Crippen LogP contribution in [0.15, 0.2) is 18.2 Å². The highest BCUT2D eigenvalue weighted by Crippen LogP contribution is 2.25. The van der Waals surface area contributed by atoms with E-state index >= 15 is 0 Å².